The van der Waals surface area contributed by atoms with Crippen molar-refractivity contribution in [1.29, 1.82) is 0 Å². The summed E-state index contributed by atoms with van der Waals surface area (Å²) in [6, 6.07) is 0.535. The highest BCUT2D eigenvalue weighted by molar-refractivity contribution is 5.81. The Balaban J connectivity index is 1.91. The van der Waals surface area contributed by atoms with Gasteiger partial charge < -0.3 is 4.90 Å². The molecule has 1 atom stereocenters. The third-order valence-corrected chi connectivity index (χ3v) is 2.53. The summed E-state index contributed by atoms with van der Waals surface area (Å²) in [4.78, 5) is 13.3. The van der Waals surface area contributed by atoms with E-state index in [1.807, 2.05) is 4.90 Å². The predicted octanol–water partition coefficient (Wildman–Crippen LogP) is 1.02. The number of carbonyl (C=O) groups excluding carboxylic acids is 1. The lowest BCUT2D eigenvalue weighted by Gasteiger charge is -2.38. The molecule has 0 aromatic carbocycles. The molecule has 2 nitrogen and oxygen atoms in total. The van der Waals surface area contributed by atoms with E-state index in [-0.39, 0.29) is 0 Å². The van der Waals surface area contributed by atoms with Gasteiger partial charge in [-0.3, -0.25) is 4.79 Å². The minimum atomic E-state index is 0.416. The van der Waals surface area contributed by atoms with Crippen LogP contribution < -0.4 is 0 Å². The van der Waals surface area contributed by atoms with Crippen LogP contribution in [0.4, 0.5) is 0 Å². The average molecular weight is 139 g/mol. The number of carbonyl (C=O) groups is 1. The van der Waals surface area contributed by atoms with Crippen LogP contribution in [0.25, 0.3) is 0 Å². The molecule has 1 unspecified atom stereocenters. The molecule has 2 rings (SSSR count). The number of hydrogen-bond donors (Lipinski definition) is 0. The second kappa shape index (κ2) is 1.97. The van der Waals surface area contributed by atoms with Crippen molar-refractivity contribution in [2.24, 2.45) is 5.92 Å². The molecule has 1 saturated heterocycles. The van der Waals surface area contributed by atoms with E-state index in [0.29, 0.717) is 17.9 Å². The van der Waals surface area contributed by atoms with Crippen molar-refractivity contribution in [2.45, 2.75) is 32.2 Å². The monoisotopic (exact) mass is 139 g/mol. The highest BCUT2D eigenvalue weighted by atomic mass is 16.2. The standard InChI is InChI=1S/C8H13NO/c1-6-4-5-9(6)8(10)7-2-3-7/h6-7H,2-5H2,1H3. The number of amides is 1. The van der Waals surface area contributed by atoms with Crippen LogP contribution in [0, 0.1) is 5.92 Å². The van der Waals surface area contributed by atoms with E-state index < -0.39 is 0 Å². The molecule has 1 aliphatic heterocycles. The van der Waals surface area contributed by atoms with E-state index in [0.717, 1.165) is 19.4 Å². The van der Waals surface area contributed by atoms with Crippen molar-refractivity contribution in [3.63, 3.8) is 0 Å². The highest BCUT2D eigenvalue weighted by Gasteiger charge is 2.38. The predicted molar refractivity (Wildman–Crippen MR) is 38.5 cm³/mol. The van der Waals surface area contributed by atoms with E-state index in [4.69, 9.17) is 0 Å². The van der Waals surface area contributed by atoms with Gasteiger partial charge in [0.1, 0.15) is 0 Å². The molecular formula is C8H13NO. The second-order valence-corrected chi connectivity index (χ2v) is 3.44. The first-order chi connectivity index (χ1) is 4.79. The first-order valence-corrected chi connectivity index (χ1v) is 4.09. The van der Waals surface area contributed by atoms with Gasteiger partial charge in [-0.05, 0) is 26.2 Å². The molecule has 2 heteroatoms. The molecule has 0 bridgehead atoms. The van der Waals surface area contributed by atoms with Gasteiger partial charge in [0.15, 0.2) is 0 Å². The van der Waals surface area contributed by atoms with Gasteiger partial charge in [-0.15, -0.1) is 0 Å². The minimum Gasteiger partial charge on any atom is -0.340 e. The molecule has 56 valence electrons. The summed E-state index contributed by atoms with van der Waals surface area (Å²) < 4.78 is 0. The molecule has 1 heterocycles. The van der Waals surface area contributed by atoms with Crippen molar-refractivity contribution < 1.29 is 4.79 Å². The Morgan fingerprint density at radius 1 is 1.40 bits per heavy atom. The van der Waals surface area contributed by atoms with E-state index in [1.54, 1.807) is 0 Å². The van der Waals surface area contributed by atoms with E-state index in [2.05, 4.69) is 6.92 Å². The topological polar surface area (TPSA) is 20.3 Å². The lowest BCUT2D eigenvalue weighted by molar-refractivity contribution is -0.139. The maximum Gasteiger partial charge on any atom is 0.225 e. The van der Waals surface area contributed by atoms with Crippen LogP contribution in [0.3, 0.4) is 0 Å². The normalized spacial score (nSPS) is 31.7. The summed E-state index contributed by atoms with van der Waals surface area (Å²) >= 11 is 0. The molecule has 2 aliphatic rings. The average Bonchev–Trinajstić information content (AvgIpc) is 2.65. The van der Waals surface area contributed by atoms with Crippen LogP contribution in [-0.4, -0.2) is 23.4 Å². The van der Waals surface area contributed by atoms with E-state index in [1.165, 1.54) is 6.42 Å². The van der Waals surface area contributed by atoms with Gasteiger partial charge >= 0.3 is 0 Å². The van der Waals surface area contributed by atoms with Gasteiger partial charge in [0.25, 0.3) is 0 Å². The van der Waals surface area contributed by atoms with Gasteiger partial charge in [-0.2, -0.15) is 0 Å². The van der Waals surface area contributed by atoms with E-state index >= 15 is 0 Å². The fourth-order valence-electron chi connectivity index (χ4n) is 1.41. The van der Waals surface area contributed by atoms with Gasteiger partial charge in [0.05, 0.1) is 0 Å². The largest absolute Gasteiger partial charge is 0.340 e. The maximum atomic E-state index is 11.3. The Labute approximate surface area is 61.2 Å². The summed E-state index contributed by atoms with van der Waals surface area (Å²) in [5.74, 6) is 0.835. The maximum absolute atomic E-state index is 11.3. The van der Waals surface area contributed by atoms with Crippen molar-refractivity contribution in [1.82, 2.24) is 4.90 Å². The summed E-state index contributed by atoms with van der Waals surface area (Å²) in [6.07, 6.45) is 3.49. The molecule has 0 N–H and O–H groups in total. The van der Waals surface area contributed by atoms with Crippen molar-refractivity contribution in [3.05, 3.63) is 0 Å². The summed E-state index contributed by atoms with van der Waals surface area (Å²) in [6.45, 7) is 3.14. The molecule has 10 heavy (non-hydrogen) atoms. The number of nitrogens with zero attached hydrogens (tertiary/aromatic N) is 1. The van der Waals surface area contributed by atoms with Crippen LogP contribution in [0.2, 0.25) is 0 Å². The lowest BCUT2D eigenvalue weighted by atomic mass is 10.0. The van der Waals surface area contributed by atoms with Crippen molar-refractivity contribution >= 4 is 5.91 Å². The van der Waals surface area contributed by atoms with E-state index in [9.17, 15) is 4.79 Å². The molecular weight excluding hydrogens is 126 g/mol. The quantitative estimate of drug-likeness (QED) is 0.531. The van der Waals surface area contributed by atoms with Crippen LogP contribution in [-0.2, 0) is 4.79 Å². The van der Waals surface area contributed by atoms with Gasteiger partial charge in [0.2, 0.25) is 5.91 Å². The van der Waals surface area contributed by atoms with Crippen LogP contribution >= 0.6 is 0 Å². The molecule has 0 aromatic heterocycles. The molecule has 1 saturated carbocycles. The summed E-state index contributed by atoms with van der Waals surface area (Å²) in [5.41, 5.74) is 0. The lowest BCUT2D eigenvalue weighted by Crippen LogP contribution is -2.49. The Hall–Kier alpha value is -0.530. The zero-order valence-electron chi connectivity index (χ0n) is 6.34. The Bertz CT molecular complexity index is 163. The summed E-state index contributed by atoms with van der Waals surface area (Å²) in [5, 5.41) is 0. The highest BCUT2D eigenvalue weighted by Crippen LogP contribution is 2.33. The first kappa shape index (κ1) is 6.20. The van der Waals surface area contributed by atoms with Crippen LogP contribution in [0.1, 0.15) is 26.2 Å². The Morgan fingerprint density at radius 3 is 2.40 bits per heavy atom. The molecule has 1 amide bonds. The Morgan fingerprint density at radius 2 is 2.10 bits per heavy atom. The molecule has 0 aromatic rings. The number of rotatable bonds is 1. The Kier molecular flexibility index (Phi) is 1.22. The molecule has 0 radical (unpaired) electrons. The zero-order chi connectivity index (χ0) is 7.14. The van der Waals surface area contributed by atoms with Crippen LogP contribution in [0.5, 0.6) is 0 Å². The number of hydrogen-bond acceptors (Lipinski definition) is 1. The molecule has 2 fully saturated rings. The first-order valence-electron chi connectivity index (χ1n) is 4.09. The van der Waals surface area contributed by atoms with Crippen LogP contribution in [0.15, 0.2) is 0 Å². The zero-order valence-corrected chi connectivity index (χ0v) is 6.34. The second-order valence-electron chi connectivity index (χ2n) is 3.44. The SMILES string of the molecule is CC1CCN1C(=O)C1CC1. The third kappa shape index (κ3) is 0.825. The fraction of sp³-hybridized carbons (Fsp3) is 0.875. The van der Waals surface area contributed by atoms with Gasteiger partial charge in [0, 0.05) is 18.5 Å². The van der Waals surface area contributed by atoms with Crippen molar-refractivity contribution in [2.75, 3.05) is 6.54 Å². The third-order valence-electron chi connectivity index (χ3n) is 2.53. The van der Waals surface area contributed by atoms with Crippen molar-refractivity contribution in [3.8, 4) is 0 Å². The summed E-state index contributed by atoms with van der Waals surface area (Å²) in [7, 11) is 0. The van der Waals surface area contributed by atoms with Gasteiger partial charge in [-0.25, -0.2) is 0 Å². The van der Waals surface area contributed by atoms with Gasteiger partial charge in [-0.1, -0.05) is 0 Å². The minimum absolute atomic E-state index is 0.416. The molecule has 1 aliphatic carbocycles. The fourth-order valence-corrected chi connectivity index (χ4v) is 1.41. The number of likely N-dealkylation sites (tertiary alicyclic amines) is 1. The smallest absolute Gasteiger partial charge is 0.225 e. The molecule has 0 spiro atoms.